The van der Waals surface area contributed by atoms with Gasteiger partial charge in [0, 0.05) is 0 Å². The molecular weight excluding hydrogens is 360 g/mol. The smallest absolute Gasteiger partial charge is 0.211 e. The molecule has 0 N–H and O–H groups in total. The molecule has 1 aromatic rings. The van der Waals surface area contributed by atoms with Gasteiger partial charge in [0.1, 0.15) is 11.4 Å². The van der Waals surface area contributed by atoms with E-state index in [-0.39, 0.29) is 16.9 Å². The number of nitrogens with zero attached hydrogens (tertiary/aromatic N) is 4. The van der Waals surface area contributed by atoms with E-state index in [0.717, 1.165) is 19.3 Å². The Morgan fingerprint density at radius 2 is 1.46 bits per heavy atom. The molecule has 1 aliphatic rings. The van der Waals surface area contributed by atoms with Crippen molar-refractivity contribution in [2.24, 2.45) is 30.8 Å². The molecule has 0 radical (unpaired) electrons. The minimum Gasteiger partial charge on any atom is -0.211 e. The van der Waals surface area contributed by atoms with Crippen molar-refractivity contribution < 1.29 is 19.2 Å². The average molecular weight is 382 g/mol. The zero-order valence-electron chi connectivity index (χ0n) is 16.1. The van der Waals surface area contributed by atoms with Crippen LogP contribution in [-0.4, -0.2) is 36.9 Å². The highest BCUT2D eigenvalue weighted by Crippen LogP contribution is 2.47. The average Bonchev–Trinajstić information content (AvgIpc) is 2.61. The molecule has 28 heavy (non-hydrogen) atoms. The first-order valence-electron chi connectivity index (χ1n) is 8.64. The van der Waals surface area contributed by atoms with E-state index >= 15 is 0 Å². The summed E-state index contributed by atoms with van der Waals surface area (Å²) in [4.78, 5) is 54.5. The highest BCUT2D eigenvalue weighted by atomic mass is 16.1. The van der Waals surface area contributed by atoms with Crippen LogP contribution in [0.3, 0.4) is 0 Å². The van der Waals surface area contributed by atoms with Crippen LogP contribution in [0, 0.1) is 10.8 Å². The van der Waals surface area contributed by atoms with Gasteiger partial charge in [-0.15, -0.1) is 0 Å². The third kappa shape index (κ3) is 7.55. The minimum absolute atomic E-state index is 0.00750. The molecule has 0 aromatic heterocycles. The van der Waals surface area contributed by atoms with Crippen molar-refractivity contribution in [3.8, 4) is 0 Å². The molecule has 0 spiro atoms. The van der Waals surface area contributed by atoms with Crippen molar-refractivity contribution in [2.45, 2.75) is 46.1 Å². The van der Waals surface area contributed by atoms with E-state index in [0.29, 0.717) is 17.9 Å². The first kappa shape index (κ1) is 22.8. The predicted octanol–water partition coefficient (Wildman–Crippen LogP) is 3.86. The van der Waals surface area contributed by atoms with Crippen molar-refractivity contribution in [1.29, 1.82) is 0 Å². The third-order valence-corrected chi connectivity index (χ3v) is 4.40. The molecule has 1 aromatic carbocycles. The number of hydrogen-bond donors (Lipinski definition) is 0. The number of benzene rings is 1. The van der Waals surface area contributed by atoms with Crippen LogP contribution in [-0.2, 0) is 19.2 Å². The van der Waals surface area contributed by atoms with Gasteiger partial charge in [-0.1, -0.05) is 32.9 Å². The van der Waals surface area contributed by atoms with E-state index in [1.54, 1.807) is 36.4 Å². The summed E-state index contributed by atoms with van der Waals surface area (Å²) in [5.74, 6) is 0. The fraction of sp³-hybridized carbons (Fsp3) is 0.500. The van der Waals surface area contributed by atoms with Crippen molar-refractivity contribution in [2.75, 3.05) is 6.54 Å². The molecule has 146 valence electrons. The topological polar surface area (TPSA) is 118 Å². The van der Waals surface area contributed by atoms with Crippen molar-refractivity contribution in [3.63, 3.8) is 0 Å². The fourth-order valence-corrected chi connectivity index (χ4v) is 3.84. The molecule has 0 amide bonds. The molecule has 1 aliphatic carbocycles. The highest BCUT2D eigenvalue weighted by Gasteiger charge is 2.41. The Bertz CT molecular complexity index is 835. The van der Waals surface area contributed by atoms with Gasteiger partial charge < -0.3 is 0 Å². The zero-order chi connectivity index (χ0) is 21.0. The summed E-state index contributed by atoms with van der Waals surface area (Å²) in [5.41, 5.74) is 0.687. The number of hydrogen-bond acceptors (Lipinski definition) is 8. The summed E-state index contributed by atoms with van der Waals surface area (Å²) in [6.07, 6.45) is 8.62. The van der Waals surface area contributed by atoms with Gasteiger partial charge in [0.2, 0.25) is 24.3 Å². The standard InChI is InChI=1S/C12H18N2O2.C8H4N2O2/c1-11(2)4-10(14-9-16)5-12(3,6-11)7-13-8-15;11-5-9-7-3-1-2-4-8(7)10-6-12/h10H,4-7H2,1-3H3;1-4H. The molecule has 2 unspecified atom stereocenters. The van der Waals surface area contributed by atoms with Gasteiger partial charge in [0.05, 0.1) is 12.6 Å². The van der Waals surface area contributed by atoms with Crippen molar-refractivity contribution >= 4 is 35.7 Å². The Labute approximate surface area is 163 Å². The molecule has 0 heterocycles. The van der Waals surface area contributed by atoms with Gasteiger partial charge in [0.25, 0.3) is 0 Å². The maximum Gasteiger partial charge on any atom is 0.240 e. The first-order chi connectivity index (χ1) is 13.3. The van der Waals surface area contributed by atoms with Crippen LogP contribution in [0.15, 0.2) is 44.2 Å². The molecule has 0 aliphatic heterocycles. The Kier molecular flexibility index (Phi) is 8.77. The van der Waals surface area contributed by atoms with E-state index in [1.165, 1.54) is 12.2 Å². The Morgan fingerprint density at radius 1 is 0.893 bits per heavy atom. The lowest BCUT2D eigenvalue weighted by Gasteiger charge is -2.44. The fourth-order valence-electron chi connectivity index (χ4n) is 3.84. The molecule has 2 rings (SSSR count). The molecular formula is C20H22N4O4. The Morgan fingerprint density at radius 3 is 1.93 bits per heavy atom. The summed E-state index contributed by atoms with van der Waals surface area (Å²) in [5, 5.41) is 0. The van der Waals surface area contributed by atoms with Gasteiger partial charge in [-0.25, -0.2) is 29.2 Å². The summed E-state index contributed by atoms with van der Waals surface area (Å²) in [7, 11) is 0. The van der Waals surface area contributed by atoms with Crippen LogP contribution in [0.4, 0.5) is 11.4 Å². The molecule has 1 saturated carbocycles. The Hall–Kier alpha value is -3.26. The van der Waals surface area contributed by atoms with E-state index in [2.05, 4.69) is 40.7 Å². The van der Waals surface area contributed by atoms with Gasteiger partial charge in [-0.2, -0.15) is 9.98 Å². The summed E-state index contributed by atoms with van der Waals surface area (Å²) in [6, 6.07) is 6.48. The first-order valence-corrected chi connectivity index (χ1v) is 8.64. The minimum atomic E-state index is -0.0653. The van der Waals surface area contributed by atoms with Crippen LogP contribution in [0.1, 0.15) is 40.0 Å². The number of isocyanates is 4. The second kappa shape index (κ2) is 10.8. The Balaban J connectivity index is 0.000000292. The van der Waals surface area contributed by atoms with E-state index in [4.69, 9.17) is 0 Å². The monoisotopic (exact) mass is 382 g/mol. The van der Waals surface area contributed by atoms with E-state index in [9.17, 15) is 19.2 Å². The van der Waals surface area contributed by atoms with Gasteiger partial charge in [0.15, 0.2) is 0 Å². The van der Waals surface area contributed by atoms with Gasteiger partial charge in [-0.05, 0) is 42.2 Å². The number of carbonyl (C=O) groups excluding carboxylic acids is 4. The van der Waals surface area contributed by atoms with Gasteiger partial charge in [-0.3, -0.25) is 0 Å². The second-order valence-corrected chi connectivity index (χ2v) is 7.74. The van der Waals surface area contributed by atoms with Crippen LogP contribution < -0.4 is 0 Å². The molecule has 1 fully saturated rings. The van der Waals surface area contributed by atoms with E-state index in [1.807, 2.05) is 0 Å². The molecule has 8 nitrogen and oxygen atoms in total. The van der Waals surface area contributed by atoms with Gasteiger partial charge >= 0.3 is 0 Å². The zero-order valence-corrected chi connectivity index (χ0v) is 16.1. The third-order valence-electron chi connectivity index (χ3n) is 4.40. The normalized spacial score (nSPS) is 21.9. The quantitative estimate of drug-likeness (QED) is 0.567. The molecule has 0 bridgehead atoms. The molecule has 0 saturated heterocycles. The maximum atomic E-state index is 10.3. The molecule has 2 atom stereocenters. The SMILES string of the molecule is CC1(C)CC(N=C=O)CC(C)(CN=C=O)C1.O=C=Nc1ccccc1N=C=O. The molecule has 8 heteroatoms. The number of para-hydroxylation sites is 2. The summed E-state index contributed by atoms with van der Waals surface area (Å²) in [6.45, 7) is 6.86. The number of aliphatic imine (C=N–C) groups is 4. The maximum absolute atomic E-state index is 10.3. The number of rotatable bonds is 5. The lowest BCUT2D eigenvalue weighted by Crippen LogP contribution is -2.39. The van der Waals surface area contributed by atoms with Crippen molar-refractivity contribution in [1.82, 2.24) is 0 Å². The van der Waals surface area contributed by atoms with E-state index < -0.39 is 0 Å². The second-order valence-electron chi connectivity index (χ2n) is 7.74. The summed E-state index contributed by atoms with van der Waals surface area (Å²) >= 11 is 0. The largest absolute Gasteiger partial charge is 0.240 e. The predicted molar refractivity (Wildman–Crippen MR) is 103 cm³/mol. The lowest BCUT2D eigenvalue weighted by molar-refractivity contribution is 0.0915. The van der Waals surface area contributed by atoms with Crippen molar-refractivity contribution in [3.05, 3.63) is 24.3 Å². The van der Waals surface area contributed by atoms with Crippen LogP contribution in [0.25, 0.3) is 0 Å². The summed E-state index contributed by atoms with van der Waals surface area (Å²) < 4.78 is 0. The van der Waals surface area contributed by atoms with Crippen LogP contribution in [0.2, 0.25) is 0 Å². The van der Waals surface area contributed by atoms with Crippen LogP contribution in [0.5, 0.6) is 0 Å². The lowest BCUT2D eigenvalue weighted by atomic mass is 9.63. The van der Waals surface area contributed by atoms with Crippen LogP contribution >= 0.6 is 0 Å². The highest BCUT2D eigenvalue weighted by molar-refractivity contribution is 5.67.